The summed E-state index contributed by atoms with van der Waals surface area (Å²) in [7, 11) is 1.84. The zero-order valence-electron chi connectivity index (χ0n) is 11.3. The Hall–Kier alpha value is -1.04. The van der Waals surface area contributed by atoms with Crippen LogP contribution in [0.4, 0.5) is 0 Å². The molecular formula is C14H24N2O. The lowest BCUT2D eigenvalue weighted by Crippen LogP contribution is -2.38. The highest BCUT2D eigenvalue weighted by Crippen LogP contribution is 2.24. The maximum Gasteiger partial charge on any atom is 0.239 e. The summed E-state index contributed by atoms with van der Waals surface area (Å²) in [5.41, 5.74) is 0. The van der Waals surface area contributed by atoms with Gasteiger partial charge in [0.25, 0.3) is 0 Å². The SMILES string of the molecule is CC(C)C(C#N)C(=O)N(C)CC1CCCCC1. The minimum Gasteiger partial charge on any atom is -0.344 e. The van der Waals surface area contributed by atoms with E-state index >= 15 is 0 Å². The molecule has 1 aliphatic rings. The lowest BCUT2D eigenvalue weighted by Gasteiger charge is -2.28. The van der Waals surface area contributed by atoms with Crippen molar-refractivity contribution >= 4 is 5.91 Å². The molecule has 1 amide bonds. The van der Waals surface area contributed by atoms with Crippen LogP contribution in [0.5, 0.6) is 0 Å². The predicted molar refractivity (Wildman–Crippen MR) is 68.2 cm³/mol. The normalized spacial score (nSPS) is 18.8. The molecule has 0 radical (unpaired) electrons. The highest BCUT2D eigenvalue weighted by atomic mass is 16.2. The van der Waals surface area contributed by atoms with Crippen LogP contribution in [0.15, 0.2) is 0 Å². The summed E-state index contributed by atoms with van der Waals surface area (Å²) in [6.45, 7) is 4.68. The number of carbonyl (C=O) groups is 1. The van der Waals surface area contributed by atoms with Crippen molar-refractivity contribution in [3.63, 3.8) is 0 Å². The van der Waals surface area contributed by atoms with Gasteiger partial charge in [-0.2, -0.15) is 5.26 Å². The molecule has 0 aromatic carbocycles. The van der Waals surface area contributed by atoms with Gasteiger partial charge < -0.3 is 4.90 Å². The van der Waals surface area contributed by atoms with E-state index in [0.717, 1.165) is 6.54 Å². The van der Waals surface area contributed by atoms with Gasteiger partial charge in [0.1, 0.15) is 5.92 Å². The third-order valence-electron chi connectivity index (χ3n) is 3.70. The number of hydrogen-bond donors (Lipinski definition) is 0. The molecule has 0 saturated heterocycles. The molecule has 0 aromatic heterocycles. The van der Waals surface area contributed by atoms with Gasteiger partial charge in [-0.1, -0.05) is 33.1 Å². The van der Waals surface area contributed by atoms with Crippen LogP contribution in [0.1, 0.15) is 46.0 Å². The van der Waals surface area contributed by atoms with E-state index in [9.17, 15) is 4.79 Å². The fraction of sp³-hybridized carbons (Fsp3) is 0.857. The van der Waals surface area contributed by atoms with Gasteiger partial charge in [0.2, 0.25) is 5.91 Å². The molecule has 17 heavy (non-hydrogen) atoms. The van der Waals surface area contributed by atoms with Crippen molar-refractivity contribution in [3.05, 3.63) is 0 Å². The number of carbonyl (C=O) groups excluding carboxylic acids is 1. The first kappa shape index (κ1) is 14.0. The van der Waals surface area contributed by atoms with Crippen LogP contribution < -0.4 is 0 Å². The molecule has 0 bridgehead atoms. The van der Waals surface area contributed by atoms with Crippen molar-refractivity contribution in [2.45, 2.75) is 46.0 Å². The molecule has 0 aromatic rings. The number of hydrogen-bond acceptors (Lipinski definition) is 2. The van der Waals surface area contributed by atoms with Crippen molar-refractivity contribution in [3.8, 4) is 6.07 Å². The highest BCUT2D eigenvalue weighted by Gasteiger charge is 2.26. The summed E-state index contributed by atoms with van der Waals surface area (Å²) >= 11 is 0. The van der Waals surface area contributed by atoms with Crippen LogP contribution in [-0.2, 0) is 4.79 Å². The highest BCUT2D eigenvalue weighted by molar-refractivity contribution is 5.81. The third kappa shape index (κ3) is 4.03. The molecule has 0 spiro atoms. The molecule has 1 saturated carbocycles. The second kappa shape index (κ2) is 6.64. The van der Waals surface area contributed by atoms with E-state index in [1.807, 2.05) is 20.9 Å². The van der Waals surface area contributed by atoms with E-state index in [2.05, 4.69) is 6.07 Å². The largest absolute Gasteiger partial charge is 0.344 e. The van der Waals surface area contributed by atoms with Crippen LogP contribution in [0.3, 0.4) is 0 Å². The molecule has 96 valence electrons. The monoisotopic (exact) mass is 236 g/mol. The second-order valence-electron chi connectivity index (χ2n) is 5.57. The Labute approximate surface area is 105 Å². The third-order valence-corrected chi connectivity index (χ3v) is 3.70. The molecule has 1 fully saturated rings. The fourth-order valence-electron chi connectivity index (χ4n) is 2.57. The zero-order chi connectivity index (χ0) is 12.8. The molecular weight excluding hydrogens is 212 g/mol. The number of nitriles is 1. The number of rotatable bonds is 4. The smallest absolute Gasteiger partial charge is 0.239 e. The summed E-state index contributed by atoms with van der Waals surface area (Å²) in [6, 6.07) is 2.13. The Morgan fingerprint density at radius 2 is 1.94 bits per heavy atom. The molecule has 0 N–H and O–H groups in total. The van der Waals surface area contributed by atoms with E-state index in [1.54, 1.807) is 4.90 Å². The van der Waals surface area contributed by atoms with Gasteiger partial charge in [0.15, 0.2) is 0 Å². The first-order valence-corrected chi connectivity index (χ1v) is 6.70. The van der Waals surface area contributed by atoms with Gasteiger partial charge in [-0.05, 0) is 24.7 Å². The van der Waals surface area contributed by atoms with E-state index < -0.39 is 5.92 Å². The zero-order valence-corrected chi connectivity index (χ0v) is 11.3. The van der Waals surface area contributed by atoms with Gasteiger partial charge in [-0.3, -0.25) is 4.79 Å². The van der Waals surface area contributed by atoms with E-state index in [0.29, 0.717) is 5.92 Å². The van der Waals surface area contributed by atoms with Crippen molar-refractivity contribution < 1.29 is 4.79 Å². The van der Waals surface area contributed by atoms with Crippen LogP contribution in [-0.4, -0.2) is 24.4 Å². The predicted octanol–water partition coefficient (Wildman–Crippen LogP) is 2.82. The van der Waals surface area contributed by atoms with Crippen molar-refractivity contribution in [1.82, 2.24) is 4.90 Å². The maximum absolute atomic E-state index is 12.1. The summed E-state index contributed by atoms with van der Waals surface area (Å²) < 4.78 is 0. The van der Waals surface area contributed by atoms with Crippen molar-refractivity contribution in [2.24, 2.45) is 17.8 Å². The molecule has 0 aliphatic heterocycles. The molecule has 1 unspecified atom stereocenters. The van der Waals surface area contributed by atoms with Crippen molar-refractivity contribution in [2.75, 3.05) is 13.6 Å². The fourth-order valence-corrected chi connectivity index (χ4v) is 2.57. The summed E-state index contributed by atoms with van der Waals surface area (Å²) in [4.78, 5) is 13.9. The van der Waals surface area contributed by atoms with E-state index in [1.165, 1.54) is 32.1 Å². The average Bonchev–Trinajstić information content (AvgIpc) is 2.30. The Kier molecular flexibility index (Phi) is 5.47. The first-order valence-electron chi connectivity index (χ1n) is 6.70. The van der Waals surface area contributed by atoms with Gasteiger partial charge in [-0.15, -0.1) is 0 Å². The molecule has 3 heteroatoms. The number of nitrogens with zero attached hydrogens (tertiary/aromatic N) is 2. The van der Waals surface area contributed by atoms with Crippen LogP contribution in [0.25, 0.3) is 0 Å². The van der Waals surface area contributed by atoms with Crippen molar-refractivity contribution in [1.29, 1.82) is 5.26 Å². The maximum atomic E-state index is 12.1. The first-order chi connectivity index (χ1) is 8.06. The number of amides is 1. The standard InChI is InChI=1S/C14H24N2O/c1-11(2)13(9-15)14(17)16(3)10-12-7-5-4-6-8-12/h11-13H,4-8,10H2,1-3H3. The van der Waals surface area contributed by atoms with E-state index in [4.69, 9.17) is 5.26 Å². The molecule has 1 rings (SSSR count). The molecule has 1 atom stereocenters. The summed E-state index contributed by atoms with van der Waals surface area (Å²) in [5.74, 6) is 0.252. The minimum absolute atomic E-state index is 0.00641. The summed E-state index contributed by atoms with van der Waals surface area (Å²) in [5, 5.41) is 9.02. The van der Waals surface area contributed by atoms with E-state index in [-0.39, 0.29) is 11.8 Å². The van der Waals surface area contributed by atoms with Crippen LogP contribution in [0, 0.1) is 29.1 Å². The topological polar surface area (TPSA) is 44.1 Å². The van der Waals surface area contributed by atoms with Crippen LogP contribution >= 0.6 is 0 Å². The second-order valence-corrected chi connectivity index (χ2v) is 5.57. The quantitative estimate of drug-likeness (QED) is 0.753. The van der Waals surface area contributed by atoms with Crippen LogP contribution in [0.2, 0.25) is 0 Å². The molecule has 0 heterocycles. The van der Waals surface area contributed by atoms with Gasteiger partial charge in [0, 0.05) is 13.6 Å². The Morgan fingerprint density at radius 3 is 2.41 bits per heavy atom. The lowest BCUT2D eigenvalue weighted by atomic mass is 9.88. The average molecular weight is 236 g/mol. The molecule has 1 aliphatic carbocycles. The van der Waals surface area contributed by atoms with Gasteiger partial charge >= 0.3 is 0 Å². The Morgan fingerprint density at radius 1 is 1.35 bits per heavy atom. The molecule has 3 nitrogen and oxygen atoms in total. The summed E-state index contributed by atoms with van der Waals surface area (Å²) in [6.07, 6.45) is 6.38. The minimum atomic E-state index is -0.483. The Bertz CT molecular complexity index is 287. The Balaban J connectivity index is 2.48. The van der Waals surface area contributed by atoms with Gasteiger partial charge in [-0.25, -0.2) is 0 Å². The lowest BCUT2D eigenvalue weighted by molar-refractivity contribution is -0.134. The van der Waals surface area contributed by atoms with Gasteiger partial charge in [0.05, 0.1) is 6.07 Å².